The summed E-state index contributed by atoms with van der Waals surface area (Å²) < 4.78 is 58.3. The standard InChI is InChI=1S/C100H127F4N17O12/c1-73(81-25-9-5-10-26-81)118(62-89(109)122)97(130)67-115(59-78-35-43-86(102)44-36-78)91(124)63-111(54-22-18-50-106)95(128)71-120(75(3)83-29-13-7-14-30-83)99(132)69-117(61-80-39-47-88(104)48-40-80)93(126)65-113(56-24-20-52-108)96(129)72-121(76(4)84-31-15-8-16-32-84)100(133)68-116(60-79-37-45-87(103)46-38-79)92(125)64-112(55-23-19-51-107)94(127)70-119(74(2)82-27-11-6-12-28-82)98(131)66-114(58-77-33-41-85(101)42-34-77)90(123)57-110-53-21-17-49-105/h5-16,25-48,73-76,110H,17-24,49-72,105-108H2,1-4H3,(H2,109,122)/t73-,74-,75-,76-/m0/s1. The molecule has 8 rings (SSSR count). The number of nitrogens with one attached hydrogen (secondary N) is 1. The van der Waals surface area contributed by atoms with Crippen LogP contribution in [0.4, 0.5) is 17.6 Å². The highest BCUT2D eigenvalue weighted by Gasteiger charge is 2.37. The number of carbonyl (C=O) groups is 12. The largest absolute Gasteiger partial charge is 0.368 e. The highest BCUT2D eigenvalue weighted by molar-refractivity contribution is 5.95. The van der Waals surface area contributed by atoms with E-state index in [0.717, 1.165) is 17.0 Å². The summed E-state index contributed by atoms with van der Waals surface area (Å²) in [5.41, 5.74) is 33.6. The molecule has 0 aromatic heterocycles. The maximum atomic E-state index is 15.8. The van der Waals surface area contributed by atoms with Crippen LogP contribution in [0.15, 0.2) is 218 Å². The number of amides is 12. The first-order valence-corrected chi connectivity index (χ1v) is 45.1. The van der Waals surface area contributed by atoms with E-state index in [1.54, 1.807) is 149 Å². The molecule has 0 radical (unpaired) electrons. The summed E-state index contributed by atoms with van der Waals surface area (Å²) in [6.45, 7) is -0.559. The first-order valence-electron chi connectivity index (χ1n) is 45.1. The molecule has 8 aromatic carbocycles. The molecule has 0 spiro atoms. The average molecular weight is 1840 g/mol. The number of primary amides is 1. The van der Waals surface area contributed by atoms with Crippen molar-refractivity contribution in [1.82, 2.24) is 59.2 Å². The molecule has 12 amide bonds. The van der Waals surface area contributed by atoms with Crippen LogP contribution in [-0.4, -0.2) is 256 Å². The predicted molar refractivity (Wildman–Crippen MR) is 499 cm³/mol. The molecule has 0 unspecified atom stereocenters. The smallest absolute Gasteiger partial charge is 0.243 e. The predicted octanol–water partition coefficient (Wildman–Crippen LogP) is 8.53. The quantitative estimate of drug-likeness (QED) is 0.0153. The van der Waals surface area contributed by atoms with Crippen LogP contribution < -0.4 is 34.0 Å². The van der Waals surface area contributed by atoms with E-state index in [2.05, 4.69) is 5.32 Å². The third-order valence-corrected chi connectivity index (χ3v) is 23.2. The highest BCUT2D eigenvalue weighted by Crippen LogP contribution is 2.28. The Morgan fingerprint density at radius 2 is 0.466 bits per heavy atom. The van der Waals surface area contributed by atoms with Gasteiger partial charge in [0.2, 0.25) is 70.9 Å². The van der Waals surface area contributed by atoms with Crippen molar-refractivity contribution in [3.8, 4) is 0 Å². The number of hydrogen-bond acceptors (Lipinski definition) is 17. The van der Waals surface area contributed by atoms with Gasteiger partial charge < -0.3 is 87.9 Å². The summed E-state index contributed by atoms with van der Waals surface area (Å²) >= 11 is 0. The minimum Gasteiger partial charge on any atom is -0.368 e. The molecule has 8 aromatic rings. The first kappa shape index (κ1) is 105. The molecular formula is C100H127F4N17O12. The molecule has 0 saturated carbocycles. The fourth-order valence-electron chi connectivity index (χ4n) is 15.2. The minimum absolute atomic E-state index is 0.0667. The molecular weight excluding hydrogens is 1710 g/mol. The summed E-state index contributed by atoms with van der Waals surface area (Å²) in [6.07, 6.45) is 3.30. The van der Waals surface area contributed by atoms with Gasteiger partial charge in [-0.15, -0.1) is 0 Å². The number of rotatable bonds is 56. The maximum absolute atomic E-state index is 15.8. The van der Waals surface area contributed by atoms with Crippen molar-refractivity contribution < 1.29 is 75.1 Å². The summed E-state index contributed by atoms with van der Waals surface area (Å²) in [4.78, 5) is 194. The van der Waals surface area contributed by atoms with Crippen molar-refractivity contribution in [2.75, 3.05) is 131 Å². The summed E-state index contributed by atoms with van der Waals surface area (Å²) in [7, 11) is 0. The molecule has 33 heteroatoms. The van der Waals surface area contributed by atoms with Crippen LogP contribution in [-0.2, 0) is 83.7 Å². The Morgan fingerprint density at radius 1 is 0.256 bits per heavy atom. The van der Waals surface area contributed by atoms with Gasteiger partial charge in [-0.25, -0.2) is 17.6 Å². The first-order chi connectivity index (χ1) is 64.0. The number of nitrogens with two attached hydrogens (primary N) is 5. The van der Waals surface area contributed by atoms with Crippen LogP contribution in [0.25, 0.3) is 0 Å². The van der Waals surface area contributed by atoms with Crippen molar-refractivity contribution in [2.24, 2.45) is 28.7 Å². The Labute approximate surface area is 776 Å². The number of nitrogens with zero attached hydrogens (tertiary/aromatic N) is 11. The van der Waals surface area contributed by atoms with Gasteiger partial charge in [-0.3, -0.25) is 57.5 Å². The number of carbonyl (C=O) groups excluding carboxylic acids is 12. The van der Waals surface area contributed by atoms with Crippen LogP contribution >= 0.6 is 0 Å². The SMILES string of the molecule is C[C@@H](c1ccccc1)N(CC(N)=O)C(=O)CN(Cc1ccc(F)cc1)C(=O)CN(CCCCN)C(=O)CN(C(=O)CN(Cc1ccc(F)cc1)C(=O)CN(CCCCN)C(=O)CN(C(=O)CN(Cc1ccc(F)cc1)C(=O)CN(CCCCN)C(=O)CN(C(=O)CN(Cc1ccc(F)cc1)C(=O)CNCCCCN)[C@@H](C)c1ccccc1)[C@@H](C)c1ccccc1)[C@@H](C)c1ccccc1. The second-order valence-electron chi connectivity index (χ2n) is 33.0. The van der Waals surface area contributed by atoms with Gasteiger partial charge in [-0.1, -0.05) is 170 Å². The van der Waals surface area contributed by atoms with Crippen molar-refractivity contribution >= 4 is 70.9 Å². The molecule has 0 bridgehead atoms. The van der Waals surface area contributed by atoms with Gasteiger partial charge in [0.15, 0.2) is 0 Å². The monoisotopic (exact) mass is 1830 g/mol. The lowest BCUT2D eigenvalue weighted by molar-refractivity contribution is -0.151. The van der Waals surface area contributed by atoms with E-state index in [-0.39, 0.29) is 91.3 Å². The Morgan fingerprint density at radius 3 is 0.699 bits per heavy atom. The fraction of sp³-hybridized carbons (Fsp3) is 0.400. The van der Waals surface area contributed by atoms with Gasteiger partial charge in [-0.2, -0.15) is 0 Å². The third-order valence-electron chi connectivity index (χ3n) is 23.2. The van der Waals surface area contributed by atoms with Gasteiger partial charge in [0.1, 0.15) is 69.1 Å². The molecule has 0 aliphatic carbocycles. The van der Waals surface area contributed by atoms with Crippen molar-refractivity contribution in [3.63, 3.8) is 0 Å². The van der Waals surface area contributed by atoms with Crippen LogP contribution in [0.3, 0.4) is 0 Å². The van der Waals surface area contributed by atoms with E-state index >= 15 is 43.2 Å². The van der Waals surface area contributed by atoms with Crippen molar-refractivity contribution in [3.05, 3.63) is 286 Å². The molecule has 712 valence electrons. The summed E-state index contributed by atoms with van der Waals surface area (Å²) in [6, 6.07) is 52.7. The molecule has 0 saturated heterocycles. The third kappa shape index (κ3) is 34.5. The molecule has 133 heavy (non-hydrogen) atoms. The van der Waals surface area contributed by atoms with Crippen LogP contribution in [0, 0.1) is 23.3 Å². The van der Waals surface area contributed by atoms with E-state index in [1.165, 1.54) is 134 Å². The number of benzene rings is 8. The average Bonchev–Trinajstić information content (AvgIpc) is 0.827. The second kappa shape index (κ2) is 55.3. The van der Waals surface area contributed by atoms with Gasteiger partial charge in [0, 0.05) is 45.8 Å². The van der Waals surface area contributed by atoms with Gasteiger partial charge in [0.25, 0.3) is 0 Å². The number of unbranched alkanes of at least 4 members (excludes halogenated alkanes) is 4. The Balaban J connectivity index is 1.10. The molecule has 4 atom stereocenters. The van der Waals surface area contributed by atoms with E-state index in [9.17, 15) is 31.9 Å². The van der Waals surface area contributed by atoms with E-state index < -0.39 is 190 Å². The zero-order valence-corrected chi connectivity index (χ0v) is 76.4. The second-order valence-corrected chi connectivity index (χ2v) is 33.0. The maximum Gasteiger partial charge on any atom is 0.243 e. The van der Waals surface area contributed by atoms with Crippen molar-refractivity contribution in [2.45, 2.75) is 129 Å². The molecule has 0 fully saturated rings. The molecule has 11 N–H and O–H groups in total. The van der Waals surface area contributed by atoms with E-state index in [1.807, 2.05) is 0 Å². The molecule has 0 aliphatic rings. The lowest BCUT2D eigenvalue weighted by Crippen LogP contribution is -2.53. The van der Waals surface area contributed by atoms with Crippen LogP contribution in [0.2, 0.25) is 0 Å². The lowest BCUT2D eigenvalue weighted by Gasteiger charge is -2.36. The Hall–Kier alpha value is -13.1. The van der Waals surface area contributed by atoms with E-state index in [4.69, 9.17) is 28.7 Å². The van der Waals surface area contributed by atoms with Crippen LogP contribution in [0.5, 0.6) is 0 Å². The van der Waals surface area contributed by atoms with Crippen molar-refractivity contribution in [1.29, 1.82) is 0 Å². The van der Waals surface area contributed by atoms with Gasteiger partial charge >= 0.3 is 0 Å². The number of halogens is 4. The molecule has 0 aliphatic heterocycles. The normalized spacial score (nSPS) is 12.0. The zero-order valence-electron chi connectivity index (χ0n) is 76.4. The molecule has 29 nitrogen and oxygen atoms in total. The Kier molecular flexibility index (Phi) is 43.8. The van der Waals surface area contributed by atoms with Gasteiger partial charge in [-0.05, 0) is 205 Å². The summed E-state index contributed by atoms with van der Waals surface area (Å²) in [5, 5.41) is 3.11. The fourth-order valence-corrected chi connectivity index (χ4v) is 15.2. The lowest BCUT2D eigenvalue weighted by atomic mass is 10.1. The number of hydrogen-bond donors (Lipinski definition) is 6. The van der Waals surface area contributed by atoms with E-state index in [0.29, 0.717) is 89.7 Å². The summed E-state index contributed by atoms with van der Waals surface area (Å²) in [5.74, 6) is -11.0. The molecule has 0 heterocycles. The minimum atomic E-state index is -0.947. The van der Waals surface area contributed by atoms with Crippen LogP contribution in [0.1, 0.15) is 148 Å². The highest BCUT2D eigenvalue weighted by atomic mass is 19.1. The van der Waals surface area contributed by atoms with Gasteiger partial charge in [0.05, 0.1) is 56.9 Å². The Bertz CT molecular complexity index is 5030. The topological polar surface area (TPSA) is 383 Å². The zero-order chi connectivity index (χ0) is 96.3.